The van der Waals surface area contributed by atoms with E-state index < -0.39 is 4.75 Å². The van der Waals surface area contributed by atoms with Crippen molar-refractivity contribution >= 4 is 45.2 Å². The van der Waals surface area contributed by atoms with E-state index in [1.165, 1.54) is 23.5 Å². The minimum Gasteiger partial charge on any atom is -0.466 e. The zero-order valence-electron chi connectivity index (χ0n) is 11.4. The van der Waals surface area contributed by atoms with Gasteiger partial charge in [0.15, 0.2) is 0 Å². The van der Waals surface area contributed by atoms with Crippen LogP contribution in [-0.4, -0.2) is 33.7 Å². The molecule has 0 fully saturated rings. The van der Waals surface area contributed by atoms with Gasteiger partial charge in [-0.2, -0.15) is 5.26 Å². The number of hydrogen-bond donors (Lipinski definition) is 0. The third-order valence-corrected chi connectivity index (χ3v) is 4.99. The molecule has 0 spiro atoms. The van der Waals surface area contributed by atoms with Gasteiger partial charge in [-0.05, 0) is 31.6 Å². The fraction of sp³-hybridized carbons (Fsp3) is 0.727. The Morgan fingerprint density at radius 3 is 2.90 bits per heavy atom. The van der Waals surface area contributed by atoms with Crippen molar-refractivity contribution < 1.29 is 9.53 Å². The monoisotopic (exact) mass is 332 g/mol. The Bertz CT molecular complexity index is 432. The number of nitriles is 1. The Kier molecular flexibility index (Phi) is 10.3. The smallest absolute Gasteiger partial charge is 0.305 e. The van der Waals surface area contributed by atoms with Gasteiger partial charge in [0.1, 0.15) is 8.28 Å². The van der Waals surface area contributed by atoms with Crippen molar-refractivity contribution in [3.05, 3.63) is 10.4 Å². The average Bonchev–Trinajstić information content (AvgIpc) is 2.44. The number of carbonyl (C=O) groups excluding carboxylic acids is 1. The van der Waals surface area contributed by atoms with Gasteiger partial charge in [0.25, 0.3) is 0 Å². The first-order valence-electron chi connectivity index (χ1n) is 5.82. The molecule has 0 aromatic rings. The number of nitrogens with zero attached hydrogens (tertiary/aromatic N) is 4. The lowest BCUT2D eigenvalue weighted by Crippen LogP contribution is -2.21. The summed E-state index contributed by atoms with van der Waals surface area (Å²) in [6.07, 6.45) is 2.89. The lowest BCUT2D eigenvalue weighted by atomic mass is 10.1. The van der Waals surface area contributed by atoms with Crippen LogP contribution in [0.2, 0.25) is 0 Å². The molecule has 20 heavy (non-hydrogen) atoms. The van der Waals surface area contributed by atoms with E-state index in [0.29, 0.717) is 22.9 Å². The number of rotatable bonds is 8. The highest BCUT2D eigenvalue weighted by Crippen LogP contribution is 2.33. The summed E-state index contributed by atoms with van der Waals surface area (Å²) in [7, 11) is 0. The van der Waals surface area contributed by atoms with Crippen LogP contribution in [0.25, 0.3) is 10.4 Å². The molecule has 0 aliphatic heterocycles. The van der Waals surface area contributed by atoms with Crippen molar-refractivity contribution in [1.82, 2.24) is 0 Å². The predicted octanol–water partition coefficient (Wildman–Crippen LogP) is 3.67. The molecule has 0 radical (unpaired) electrons. The van der Waals surface area contributed by atoms with E-state index in [-0.39, 0.29) is 19.0 Å². The van der Waals surface area contributed by atoms with Gasteiger partial charge in [-0.25, -0.2) is 0 Å². The molecule has 0 saturated heterocycles. The second kappa shape index (κ2) is 10.8. The predicted molar refractivity (Wildman–Crippen MR) is 86.5 cm³/mol. The molecule has 1 unspecified atom stereocenters. The summed E-state index contributed by atoms with van der Waals surface area (Å²) in [5.41, 5.74) is 8.07. The van der Waals surface area contributed by atoms with Gasteiger partial charge in [-0.1, -0.05) is 29.1 Å². The van der Waals surface area contributed by atoms with Crippen LogP contribution < -0.4 is 0 Å². The third kappa shape index (κ3) is 9.04. The van der Waals surface area contributed by atoms with Crippen molar-refractivity contribution in [2.24, 2.45) is 5.11 Å². The first kappa shape index (κ1) is 19.1. The molecule has 9 heteroatoms. The zero-order valence-corrected chi connectivity index (χ0v) is 13.8. The fourth-order valence-electron chi connectivity index (χ4n) is 1.13. The van der Waals surface area contributed by atoms with E-state index >= 15 is 0 Å². The highest BCUT2D eigenvalue weighted by molar-refractivity contribution is 8.47. The van der Waals surface area contributed by atoms with Gasteiger partial charge < -0.3 is 4.74 Å². The second-order valence-corrected chi connectivity index (χ2v) is 7.44. The molecule has 0 aromatic heterocycles. The van der Waals surface area contributed by atoms with E-state index in [1.807, 2.05) is 6.26 Å². The van der Waals surface area contributed by atoms with Crippen LogP contribution in [-0.2, 0) is 9.53 Å². The van der Waals surface area contributed by atoms with Crippen LogP contribution >= 0.6 is 35.7 Å². The average molecular weight is 332 g/mol. The maximum atomic E-state index is 11.5. The number of hydrogen-bond acceptors (Lipinski definition) is 7. The summed E-state index contributed by atoms with van der Waals surface area (Å²) in [5, 5.41) is 12.5. The Hall–Kier alpha value is -0.940. The number of ether oxygens (including phenoxy) is 1. The van der Waals surface area contributed by atoms with Crippen LogP contribution in [0, 0.1) is 11.3 Å². The molecule has 0 saturated carbocycles. The van der Waals surface area contributed by atoms with Crippen LogP contribution in [0.1, 0.15) is 26.2 Å². The molecule has 0 heterocycles. The maximum Gasteiger partial charge on any atom is 0.305 e. The Morgan fingerprint density at radius 1 is 1.65 bits per heavy atom. The number of azide groups is 1. The molecule has 6 nitrogen and oxygen atoms in total. The zero-order chi connectivity index (χ0) is 15.4. The molecular weight excluding hydrogens is 316 g/mol. The third-order valence-electron chi connectivity index (χ3n) is 2.25. The molecule has 0 rings (SSSR count). The van der Waals surface area contributed by atoms with Gasteiger partial charge in [-0.3, -0.25) is 4.79 Å². The number of carbonyl (C=O) groups is 1. The topological polar surface area (TPSA) is 98.9 Å². The standard InChI is InChI=1S/C11H16N4O2S3/c1-11(8-12,20-10(18)19-2)5-4-9(16)17-7-3-6-14-15-13/h3-7H2,1-2H3. The van der Waals surface area contributed by atoms with Crippen molar-refractivity contribution in [2.75, 3.05) is 19.4 Å². The molecule has 0 aliphatic rings. The SMILES string of the molecule is CSC(=S)SC(C)(C#N)CCC(=O)OCCCN=[N+]=[N-]. The van der Waals surface area contributed by atoms with Crippen LogP contribution in [0.15, 0.2) is 5.11 Å². The normalized spacial score (nSPS) is 12.7. The fourth-order valence-corrected chi connectivity index (χ4v) is 3.19. The van der Waals surface area contributed by atoms with E-state index in [1.54, 1.807) is 6.92 Å². The van der Waals surface area contributed by atoms with Crippen molar-refractivity contribution in [3.8, 4) is 6.07 Å². The summed E-state index contributed by atoms with van der Waals surface area (Å²) in [6, 6.07) is 2.18. The van der Waals surface area contributed by atoms with Crippen molar-refractivity contribution in [1.29, 1.82) is 5.26 Å². The molecule has 0 aromatic carbocycles. The van der Waals surface area contributed by atoms with Crippen LogP contribution in [0.5, 0.6) is 0 Å². The van der Waals surface area contributed by atoms with E-state index in [9.17, 15) is 10.1 Å². The second-order valence-electron chi connectivity index (χ2n) is 3.93. The van der Waals surface area contributed by atoms with Gasteiger partial charge in [0, 0.05) is 17.9 Å². The number of esters is 1. The lowest BCUT2D eigenvalue weighted by molar-refractivity contribution is -0.143. The quantitative estimate of drug-likeness (QED) is 0.168. The highest BCUT2D eigenvalue weighted by atomic mass is 32.2. The number of thioether (sulfide) groups is 2. The first-order valence-corrected chi connectivity index (χ1v) is 8.27. The largest absolute Gasteiger partial charge is 0.466 e. The summed E-state index contributed by atoms with van der Waals surface area (Å²) in [4.78, 5) is 14.1. The molecule has 0 amide bonds. The lowest BCUT2D eigenvalue weighted by Gasteiger charge is -2.19. The minimum atomic E-state index is -0.718. The summed E-state index contributed by atoms with van der Waals surface area (Å²) >= 11 is 7.78. The highest BCUT2D eigenvalue weighted by Gasteiger charge is 2.27. The van der Waals surface area contributed by atoms with Gasteiger partial charge in [0.2, 0.25) is 0 Å². The molecule has 110 valence electrons. The molecular formula is C11H16N4O2S3. The Balaban J connectivity index is 4.04. The molecule has 0 N–H and O–H groups in total. The van der Waals surface area contributed by atoms with E-state index in [4.69, 9.17) is 22.5 Å². The maximum absolute atomic E-state index is 11.5. The van der Waals surface area contributed by atoms with Gasteiger partial charge >= 0.3 is 5.97 Å². The van der Waals surface area contributed by atoms with E-state index in [2.05, 4.69) is 16.1 Å². The molecule has 1 atom stereocenters. The summed E-state index contributed by atoms with van der Waals surface area (Å²) in [6.45, 7) is 2.28. The van der Waals surface area contributed by atoms with Crippen LogP contribution in [0.4, 0.5) is 0 Å². The van der Waals surface area contributed by atoms with Crippen molar-refractivity contribution in [2.45, 2.75) is 30.9 Å². The van der Waals surface area contributed by atoms with Crippen molar-refractivity contribution in [3.63, 3.8) is 0 Å². The van der Waals surface area contributed by atoms with Gasteiger partial charge in [-0.15, -0.1) is 11.8 Å². The number of thiocarbonyl (C=S) groups is 1. The minimum absolute atomic E-state index is 0.162. The molecule has 0 aliphatic carbocycles. The Morgan fingerprint density at radius 2 is 2.35 bits per heavy atom. The van der Waals surface area contributed by atoms with E-state index in [0.717, 1.165) is 0 Å². The summed E-state index contributed by atoms with van der Waals surface area (Å²) < 4.78 is 4.94. The van der Waals surface area contributed by atoms with Crippen LogP contribution in [0.3, 0.4) is 0 Å². The Labute approximate surface area is 132 Å². The summed E-state index contributed by atoms with van der Waals surface area (Å²) in [5.74, 6) is -0.358. The first-order chi connectivity index (χ1) is 9.47. The van der Waals surface area contributed by atoms with Gasteiger partial charge in [0.05, 0.1) is 12.7 Å². The molecule has 0 bridgehead atoms.